The second-order valence-corrected chi connectivity index (χ2v) is 9.99. The molecule has 0 radical (unpaired) electrons. The third-order valence-electron chi connectivity index (χ3n) is 7.27. The topological polar surface area (TPSA) is 58.6 Å². The molecule has 202 valence electrons. The average molecular weight is 522 g/mol. The summed E-state index contributed by atoms with van der Waals surface area (Å²) >= 11 is 0. The Morgan fingerprint density at radius 2 is 1.13 bits per heavy atom. The van der Waals surface area contributed by atoms with Gasteiger partial charge in [-0.05, 0) is 48.2 Å². The van der Waals surface area contributed by atoms with E-state index in [-0.39, 0.29) is 25.1 Å². The number of carbonyl (C=O) groups excluding carboxylic acids is 1. The summed E-state index contributed by atoms with van der Waals surface area (Å²) in [4.78, 5) is 12.2. The van der Waals surface area contributed by atoms with E-state index < -0.39 is 5.54 Å². The van der Waals surface area contributed by atoms with E-state index in [2.05, 4.69) is 96.3 Å². The molecule has 0 saturated carbocycles. The summed E-state index contributed by atoms with van der Waals surface area (Å²) in [5.74, 6) is -0.364. The second-order valence-electron chi connectivity index (χ2n) is 9.99. The Labute approximate surface area is 232 Å². The molecule has 0 aliphatic carbocycles. The fourth-order valence-corrected chi connectivity index (χ4v) is 5.14. The van der Waals surface area contributed by atoms with E-state index in [0.29, 0.717) is 5.56 Å². The van der Waals surface area contributed by atoms with Crippen molar-refractivity contribution in [1.82, 2.24) is 5.32 Å². The van der Waals surface area contributed by atoms with Crippen LogP contribution in [0.3, 0.4) is 0 Å². The van der Waals surface area contributed by atoms with Gasteiger partial charge in [-0.3, -0.25) is 5.32 Å². The molecule has 4 heteroatoms. The van der Waals surface area contributed by atoms with Gasteiger partial charge in [-0.25, -0.2) is 4.79 Å². The van der Waals surface area contributed by atoms with Crippen LogP contribution >= 0.6 is 0 Å². The summed E-state index contributed by atoms with van der Waals surface area (Å²) in [5.41, 5.74) is 3.77. The largest absolute Gasteiger partial charge is 0.462 e. The summed E-state index contributed by atoms with van der Waals surface area (Å²) in [6.45, 7) is 1.15. The van der Waals surface area contributed by atoms with E-state index in [4.69, 9.17) is 4.74 Å². The first-order valence-corrected chi connectivity index (χ1v) is 14.0. The number of ether oxygens (including phenoxy) is 1. The lowest BCUT2D eigenvalue weighted by atomic mass is 9.77. The van der Waals surface area contributed by atoms with Crippen molar-refractivity contribution in [2.45, 2.75) is 37.6 Å². The van der Waals surface area contributed by atoms with Crippen molar-refractivity contribution in [2.75, 3.05) is 19.8 Å². The molecule has 4 aromatic rings. The number of benzene rings is 4. The number of hydrogen-bond acceptors (Lipinski definition) is 4. The van der Waals surface area contributed by atoms with Gasteiger partial charge in [0.2, 0.25) is 0 Å². The number of carbonyl (C=O) groups is 1. The van der Waals surface area contributed by atoms with Gasteiger partial charge in [-0.2, -0.15) is 0 Å². The summed E-state index contributed by atoms with van der Waals surface area (Å²) < 4.78 is 5.43. The quantitative estimate of drug-likeness (QED) is 0.101. The highest BCUT2D eigenvalue weighted by Crippen LogP contribution is 2.36. The first kappa shape index (κ1) is 28.3. The van der Waals surface area contributed by atoms with Crippen molar-refractivity contribution < 1.29 is 14.6 Å². The highest BCUT2D eigenvalue weighted by atomic mass is 16.5. The second kappa shape index (κ2) is 15.0. The van der Waals surface area contributed by atoms with Crippen LogP contribution in [-0.4, -0.2) is 30.8 Å². The lowest BCUT2D eigenvalue weighted by Gasteiger charge is -2.37. The first-order valence-electron chi connectivity index (χ1n) is 14.0. The van der Waals surface area contributed by atoms with Crippen molar-refractivity contribution in [1.29, 1.82) is 0 Å². The Kier molecular flexibility index (Phi) is 10.9. The Hall–Kier alpha value is -3.73. The molecule has 4 nitrogen and oxygen atoms in total. The standard InChI is InChI=1S/C35H39NO3/c37-27-29(28-39-34(38)30-18-8-3-9-19-30)17-7-1-2-16-26-36-35(31-20-10-4-11-21-31,32-22-12-5-13-23-32)33-24-14-6-15-25-33/h3-6,8-15,18-25,29,36-37H,1-2,7,16-17,26-28H2. The van der Waals surface area contributed by atoms with Gasteiger partial charge in [-0.1, -0.05) is 128 Å². The van der Waals surface area contributed by atoms with Crippen LogP contribution in [0, 0.1) is 5.92 Å². The molecule has 0 heterocycles. The summed E-state index contributed by atoms with van der Waals surface area (Å²) in [5, 5.41) is 13.7. The molecule has 2 N–H and O–H groups in total. The third-order valence-corrected chi connectivity index (χ3v) is 7.27. The van der Waals surface area contributed by atoms with Gasteiger partial charge >= 0.3 is 5.97 Å². The van der Waals surface area contributed by atoms with Gasteiger partial charge in [-0.15, -0.1) is 0 Å². The SMILES string of the molecule is O=C(OCC(CO)CCCCCCNC(c1ccccc1)(c1ccccc1)c1ccccc1)c1ccccc1. The monoisotopic (exact) mass is 521 g/mol. The zero-order valence-corrected chi connectivity index (χ0v) is 22.5. The van der Waals surface area contributed by atoms with Crippen LogP contribution in [0.5, 0.6) is 0 Å². The molecular formula is C35H39NO3. The van der Waals surface area contributed by atoms with Crippen LogP contribution in [0.25, 0.3) is 0 Å². The zero-order chi connectivity index (χ0) is 27.2. The summed E-state index contributed by atoms with van der Waals surface area (Å²) in [7, 11) is 0. The van der Waals surface area contributed by atoms with Crippen LogP contribution in [0.2, 0.25) is 0 Å². The Morgan fingerprint density at radius 1 is 0.667 bits per heavy atom. The van der Waals surface area contributed by atoms with Gasteiger partial charge < -0.3 is 9.84 Å². The lowest BCUT2D eigenvalue weighted by Crippen LogP contribution is -2.45. The maximum atomic E-state index is 12.2. The maximum Gasteiger partial charge on any atom is 0.338 e. The minimum Gasteiger partial charge on any atom is -0.462 e. The molecule has 0 amide bonds. The normalized spacial score (nSPS) is 12.1. The van der Waals surface area contributed by atoms with E-state index in [1.54, 1.807) is 12.1 Å². The van der Waals surface area contributed by atoms with Crippen molar-refractivity contribution >= 4 is 5.97 Å². The van der Waals surface area contributed by atoms with Gasteiger partial charge in [0, 0.05) is 12.5 Å². The van der Waals surface area contributed by atoms with Crippen LogP contribution in [0.1, 0.15) is 59.2 Å². The Bertz CT molecular complexity index is 1130. The highest BCUT2D eigenvalue weighted by Gasteiger charge is 2.35. The molecule has 1 unspecified atom stereocenters. The number of nitrogens with one attached hydrogen (secondary N) is 1. The number of esters is 1. The number of aliphatic hydroxyl groups excluding tert-OH is 1. The minimum absolute atomic E-state index is 0.0252. The van der Waals surface area contributed by atoms with Gasteiger partial charge in [0.05, 0.1) is 17.7 Å². The average Bonchev–Trinajstić information content (AvgIpc) is 3.02. The molecule has 0 fully saturated rings. The van der Waals surface area contributed by atoms with Crippen molar-refractivity contribution in [3.05, 3.63) is 144 Å². The van der Waals surface area contributed by atoms with Crippen molar-refractivity contribution in [2.24, 2.45) is 5.92 Å². The molecule has 4 aromatic carbocycles. The van der Waals surface area contributed by atoms with Crippen LogP contribution in [0.4, 0.5) is 0 Å². The zero-order valence-electron chi connectivity index (χ0n) is 22.5. The number of hydrogen-bond donors (Lipinski definition) is 2. The molecule has 4 rings (SSSR count). The lowest BCUT2D eigenvalue weighted by molar-refractivity contribution is 0.0375. The molecule has 39 heavy (non-hydrogen) atoms. The third kappa shape index (κ3) is 7.66. The molecule has 0 aliphatic heterocycles. The summed E-state index contributed by atoms with van der Waals surface area (Å²) in [6.07, 6.45) is 5.04. The van der Waals surface area contributed by atoms with E-state index in [1.807, 2.05) is 18.2 Å². The number of unbranched alkanes of at least 4 members (excludes halogenated alkanes) is 3. The fourth-order valence-electron chi connectivity index (χ4n) is 5.14. The molecule has 0 aromatic heterocycles. The van der Waals surface area contributed by atoms with Gasteiger partial charge in [0.25, 0.3) is 0 Å². The molecule has 0 saturated heterocycles. The maximum absolute atomic E-state index is 12.2. The van der Waals surface area contributed by atoms with E-state index in [0.717, 1.165) is 38.6 Å². The predicted octanol–water partition coefficient (Wildman–Crippen LogP) is 6.98. The Balaban J connectivity index is 1.30. The minimum atomic E-state index is -0.436. The number of aliphatic hydroxyl groups is 1. The highest BCUT2D eigenvalue weighted by molar-refractivity contribution is 5.89. The first-order chi connectivity index (χ1) is 19.2. The molecular weight excluding hydrogens is 482 g/mol. The molecule has 0 spiro atoms. The fraction of sp³-hybridized carbons (Fsp3) is 0.286. The number of rotatable bonds is 15. The van der Waals surface area contributed by atoms with Gasteiger partial charge in [0.15, 0.2) is 0 Å². The van der Waals surface area contributed by atoms with Crippen LogP contribution in [-0.2, 0) is 10.3 Å². The van der Waals surface area contributed by atoms with E-state index in [1.165, 1.54) is 16.7 Å². The van der Waals surface area contributed by atoms with Crippen molar-refractivity contribution in [3.8, 4) is 0 Å². The smallest absolute Gasteiger partial charge is 0.338 e. The van der Waals surface area contributed by atoms with Crippen LogP contribution in [0.15, 0.2) is 121 Å². The Morgan fingerprint density at radius 3 is 1.62 bits per heavy atom. The summed E-state index contributed by atoms with van der Waals surface area (Å²) in [6, 6.07) is 41.0. The predicted molar refractivity (Wildman–Crippen MR) is 158 cm³/mol. The van der Waals surface area contributed by atoms with Gasteiger partial charge in [0.1, 0.15) is 0 Å². The molecule has 0 aliphatic rings. The van der Waals surface area contributed by atoms with Crippen LogP contribution < -0.4 is 5.32 Å². The van der Waals surface area contributed by atoms with Crippen molar-refractivity contribution in [3.63, 3.8) is 0 Å². The molecule has 0 bridgehead atoms. The molecule has 1 atom stereocenters. The van der Waals surface area contributed by atoms with E-state index >= 15 is 0 Å². The van der Waals surface area contributed by atoms with E-state index in [9.17, 15) is 9.90 Å².